The monoisotopic (exact) mass is 517 g/mol. The zero-order valence-electron chi connectivity index (χ0n) is 19.1. The minimum atomic E-state index is -0.124. The molecule has 1 aliphatic rings. The molecule has 0 atom stereocenters. The summed E-state index contributed by atoms with van der Waals surface area (Å²) in [6.07, 6.45) is 6.58. The highest BCUT2D eigenvalue weighted by Crippen LogP contribution is 2.36. The number of carbonyl (C=O) groups excluding carboxylic acids is 1. The number of amides is 1. The Balaban J connectivity index is 1.50. The largest absolute Gasteiger partial charge is 0.467 e. The molecule has 4 aromatic rings. The van der Waals surface area contributed by atoms with E-state index in [1.165, 1.54) is 16.7 Å². The van der Waals surface area contributed by atoms with E-state index in [4.69, 9.17) is 21.7 Å². The zero-order valence-corrected chi connectivity index (χ0v) is 21.5. The van der Waals surface area contributed by atoms with Gasteiger partial charge in [0.25, 0.3) is 5.91 Å². The van der Waals surface area contributed by atoms with Crippen molar-refractivity contribution in [2.24, 2.45) is 0 Å². The second kappa shape index (κ2) is 10.7. The summed E-state index contributed by atoms with van der Waals surface area (Å²) < 4.78 is 7.78. The SMILES string of the molecule is CCCSc1ccc(-c2nn(-c3ccccc3)cc2/C=C2\SC(=S)N(Cc3ccco3)C2=O)cc1. The van der Waals surface area contributed by atoms with E-state index >= 15 is 0 Å². The maximum absolute atomic E-state index is 13.2. The Hall–Kier alpha value is -3.07. The molecular formula is C27H23N3O2S3. The first-order chi connectivity index (χ1) is 17.1. The quantitative estimate of drug-likeness (QED) is 0.142. The highest BCUT2D eigenvalue weighted by atomic mass is 32.2. The van der Waals surface area contributed by atoms with Gasteiger partial charge in [0.2, 0.25) is 0 Å². The molecule has 8 heteroatoms. The predicted octanol–water partition coefficient (Wildman–Crippen LogP) is 7.04. The van der Waals surface area contributed by atoms with E-state index in [0.717, 1.165) is 34.7 Å². The summed E-state index contributed by atoms with van der Waals surface area (Å²) in [7, 11) is 0. The third kappa shape index (κ3) is 5.29. The smallest absolute Gasteiger partial charge is 0.266 e. The van der Waals surface area contributed by atoms with Gasteiger partial charge < -0.3 is 4.42 Å². The molecule has 0 unspecified atom stereocenters. The molecule has 5 rings (SSSR count). The summed E-state index contributed by atoms with van der Waals surface area (Å²) in [5.74, 6) is 1.66. The van der Waals surface area contributed by atoms with Gasteiger partial charge in [-0.3, -0.25) is 9.69 Å². The van der Waals surface area contributed by atoms with Crippen molar-refractivity contribution in [3.8, 4) is 16.9 Å². The molecule has 1 amide bonds. The van der Waals surface area contributed by atoms with Crippen LogP contribution < -0.4 is 0 Å². The van der Waals surface area contributed by atoms with E-state index in [9.17, 15) is 4.79 Å². The van der Waals surface area contributed by atoms with Crippen LogP contribution in [0.2, 0.25) is 0 Å². The molecule has 0 bridgehead atoms. The van der Waals surface area contributed by atoms with Gasteiger partial charge in [0, 0.05) is 22.2 Å². The third-order valence-corrected chi connectivity index (χ3v) is 8.01. The highest BCUT2D eigenvalue weighted by molar-refractivity contribution is 8.26. The maximum Gasteiger partial charge on any atom is 0.266 e. The summed E-state index contributed by atoms with van der Waals surface area (Å²) in [6.45, 7) is 2.50. The van der Waals surface area contributed by atoms with Crippen molar-refractivity contribution in [1.82, 2.24) is 14.7 Å². The van der Waals surface area contributed by atoms with Crippen LogP contribution in [0.5, 0.6) is 0 Å². The minimum Gasteiger partial charge on any atom is -0.467 e. The normalized spacial score (nSPS) is 14.9. The van der Waals surface area contributed by atoms with Gasteiger partial charge in [0.15, 0.2) is 0 Å². The van der Waals surface area contributed by atoms with Gasteiger partial charge in [0.1, 0.15) is 10.1 Å². The average molecular weight is 518 g/mol. The number of rotatable bonds is 8. The summed E-state index contributed by atoms with van der Waals surface area (Å²) >= 11 is 8.66. The number of hydrogen-bond donors (Lipinski definition) is 0. The zero-order chi connectivity index (χ0) is 24.2. The van der Waals surface area contributed by atoms with Crippen molar-refractivity contribution < 1.29 is 9.21 Å². The van der Waals surface area contributed by atoms with Gasteiger partial charge in [-0.2, -0.15) is 5.10 Å². The van der Waals surface area contributed by atoms with Crippen molar-refractivity contribution in [3.63, 3.8) is 0 Å². The van der Waals surface area contributed by atoms with E-state index in [2.05, 4.69) is 31.2 Å². The first kappa shape index (κ1) is 23.7. The first-order valence-corrected chi connectivity index (χ1v) is 13.5. The molecule has 3 heterocycles. The fourth-order valence-corrected chi connectivity index (χ4v) is 5.71. The van der Waals surface area contributed by atoms with Crippen LogP contribution in [-0.4, -0.2) is 30.7 Å². The van der Waals surface area contributed by atoms with Crippen molar-refractivity contribution in [2.75, 3.05) is 5.75 Å². The average Bonchev–Trinajstić information content (AvgIpc) is 3.61. The van der Waals surface area contributed by atoms with Crippen LogP contribution in [0.1, 0.15) is 24.7 Å². The van der Waals surface area contributed by atoms with Crippen LogP contribution in [-0.2, 0) is 11.3 Å². The number of para-hydroxylation sites is 1. The summed E-state index contributed by atoms with van der Waals surface area (Å²) in [4.78, 5) is 16.6. The number of furan rings is 1. The van der Waals surface area contributed by atoms with Crippen LogP contribution in [0.3, 0.4) is 0 Å². The summed E-state index contributed by atoms with van der Waals surface area (Å²) in [6, 6.07) is 22.0. The minimum absolute atomic E-state index is 0.124. The number of nitrogens with zero attached hydrogens (tertiary/aromatic N) is 3. The number of aromatic nitrogens is 2. The standard InChI is InChI=1S/C27H23N3O2S3/c1-2-15-34-23-12-10-19(11-13-23)25-20(17-30(28-25)21-7-4-3-5-8-21)16-24-26(31)29(27(33)35-24)18-22-9-6-14-32-22/h3-14,16-17H,2,15,18H2,1H3/b24-16-. The van der Waals surface area contributed by atoms with Crippen molar-refractivity contribution >= 4 is 52.0 Å². The van der Waals surface area contributed by atoms with Crippen molar-refractivity contribution in [1.29, 1.82) is 0 Å². The lowest BCUT2D eigenvalue weighted by atomic mass is 10.1. The number of thiocarbonyl (C=S) groups is 1. The summed E-state index contributed by atoms with van der Waals surface area (Å²) in [5.41, 5.74) is 3.63. The lowest BCUT2D eigenvalue weighted by Crippen LogP contribution is -2.27. The Morgan fingerprint density at radius 3 is 2.60 bits per heavy atom. The molecular weight excluding hydrogens is 495 g/mol. The van der Waals surface area contributed by atoms with Crippen LogP contribution in [0.4, 0.5) is 0 Å². The Labute approximate surface area is 218 Å². The van der Waals surface area contributed by atoms with Gasteiger partial charge >= 0.3 is 0 Å². The van der Waals surface area contributed by atoms with E-state index < -0.39 is 0 Å². The topological polar surface area (TPSA) is 51.3 Å². The fourth-order valence-electron chi connectivity index (χ4n) is 3.70. The number of thioether (sulfide) groups is 2. The molecule has 0 spiro atoms. The Kier molecular flexibility index (Phi) is 7.22. The van der Waals surface area contributed by atoms with Crippen LogP contribution in [0, 0.1) is 0 Å². The molecule has 0 saturated carbocycles. The first-order valence-electron chi connectivity index (χ1n) is 11.3. The van der Waals surface area contributed by atoms with Crippen molar-refractivity contribution in [2.45, 2.75) is 24.8 Å². The van der Waals surface area contributed by atoms with Crippen LogP contribution in [0.25, 0.3) is 23.0 Å². The number of hydrogen-bond acceptors (Lipinski definition) is 6. The van der Waals surface area contributed by atoms with Gasteiger partial charge in [-0.15, -0.1) is 11.8 Å². The van der Waals surface area contributed by atoms with Crippen molar-refractivity contribution in [3.05, 3.63) is 95.4 Å². The maximum atomic E-state index is 13.2. The van der Waals surface area contributed by atoms with Gasteiger partial charge in [-0.25, -0.2) is 4.68 Å². The number of benzene rings is 2. The molecule has 2 aromatic heterocycles. The highest BCUT2D eigenvalue weighted by Gasteiger charge is 2.33. The molecule has 5 nitrogen and oxygen atoms in total. The molecule has 2 aromatic carbocycles. The Bertz CT molecular complexity index is 1360. The fraction of sp³-hybridized carbons (Fsp3) is 0.148. The lowest BCUT2D eigenvalue weighted by Gasteiger charge is -2.11. The molecule has 1 fully saturated rings. The molecule has 1 aliphatic heterocycles. The van der Waals surface area contributed by atoms with Crippen LogP contribution in [0.15, 0.2) is 93.4 Å². The Morgan fingerprint density at radius 2 is 1.89 bits per heavy atom. The molecule has 0 N–H and O–H groups in total. The Morgan fingerprint density at radius 1 is 1.09 bits per heavy atom. The summed E-state index contributed by atoms with van der Waals surface area (Å²) in [5, 5.41) is 4.89. The number of carbonyl (C=O) groups is 1. The molecule has 176 valence electrons. The molecule has 0 radical (unpaired) electrons. The second-order valence-corrected chi connectivity index (χ2v) is 10.8. The molecule has 35 heavy (non-hydrogen) atoms. The van der Waals surface area contributed by atoms with Gasteiger partial charge in [-0.05, 0) is 54.6 Å². The van der Waals surface area contributed by atoms with E-state index in [0.29, 0.717) is 21.5 Å². The lowest BCUT2D eigenvalue weighted by molar-refractivity contribution is -0.122. The van der Waals surface area contributed by atoms with E-state index in [1.54, 1.807) is 17.2 Å². The van der Waals surface area contributed by atoms with Gasteiger partial charge in [-0.1, -0.05) is 61.2 Å². The molecule has 1 saturated heterocycles. The predicted molar refractivity (Wildman–Crippen MR) is 147 cm³/mol. The van der Waals surface area contributed by atoms with Crippen LogP contribution >= 0.6 is 35.7 Å². The molecule has 0 aliphatic carbocycles. The van der Waals surface area contributed by atoms with E-state index in [1.807, 2.05) is 65.1 Å². The third-order valence-electron chi connectivity index (χ3n) is 5.42. The van der Waals surface area contributed by atoms with E-state index in [-0.39, 0.29) is 5.91 Å². The second-order valence-electron chi connectivity index (χ2n) is 7.93. The van der Waals surface area contributed by atoms with Gasteiger partial charge in [0.05, 0.1) is 29.1 Å².